The molecule has 7 nitrogen and oxygen atoms in total. The second-order valence-electron chi connectivity index (χ2n) is 8.14. The van der Waals surface area contributed by atoms with Crippen LogP contribution in [-0.2, 0) is 9.59 Å². The first-order valence-corrected chi connectivity index (χ1v) is 10.2. The molecule has 1 N–H and O–H groups in total. The Morgan fingerprint density at radius 3 is 2.17 bits per heavy atom. The molecule has 7 heteroatoms. The van der Waals surface area contributed by atoms with E-state index in [1.165, 1.54) is 5.56 Å². The maximum Gasteiger partial charge on any atom is 0.240 e. The Bertz CT molecular complexity index is 870. The number of piperazine rings is 1. The molecule has 0 unspecified atom stereocenters. The van der Waals surface area contributed by atoms with Crippen molar-refractivity contribution in [2.75, 3.05) is 36.4 Å². The minimum absolute atomic E-state index is 0.0533. The van der Waals surface area contributed by atoms with Gasteiger partial charge in [-0.25, -0.2) is 9.97 Å². The molecule has 1 aliphatic heterocycles. The third kappa shape index (κ3) is 3.95. The molecule has 1 aliphatic carbocycles. The predicted molar refractivity (Wildman–Crippen MR) is 112 cm³/mol. The summed E-state index contributed by atoms with van der Waals surface area (Å²) in [5.74, 6) is 0.885. The van der Waals surface area contributed by atoms with Gasteiger partial charge in [-0.15, -0.1) is 0 Å². The summed E-state index contributed by atoms with van der Waals surface area (Å²) in [4.78, 5) is 38.4. The van der Waals surface area contributed by atoms with Crippen molar-refractivity contribution >= 4 is 23.5 Å². The van der Waals surface area contributed by atoms with Gasteiger partial charge in [0.05, 0.1) is 0 Å². The number of nitrogens with one attached hydrogen (secondary N) is 1. The van der Waals surface area contributed by atoms with E-state index >= 15 is 0 Å². The molecule has 2 fully saturated rings. The molecule has 0 atom stereocenters. The zero-order valence-corrected chi connectivity index (χ0v) is 17.0. The number of rotatable bonds is 5. The minimum atomic E-state index is -0.901. The molecule has 2 amide bonds. The lowest BCUT2D eigenvalue weighted by Crippen LogP contribution is -2.53. The average molecular weight is 393 g/mol. The molecular weight excluding hydrogens is 366 g/mol. The summed E-state index contributed by atoms with van der Waals surface area (Å²) in [6.45, 7) is 6.77. The number of amides is 2. The van der Waals surface area contributed by atoms with Crippen molar-refractivity contribution in [3.63, 3.8) is 0 Å². The summed E-state index contributed by atoms with van der Waals surface area (Å²) in [7, 11) is 0. The number of carbonyl (C=O) groups is 2. The van der Waals surface area contributed by atoms with Crippen molar-refractivity contribution in [2.45, 2.75) is 32.6 Å². The first-order valence-electron chi connectivity index (χ1n) is 10.2. The smallest absolute Gasteiger partial charge is 0.240 e. The summed E-state index contributed by atoms with van der Waals surface area (Å²) >= 11 is 0. The standard InChI is InChI=1S/C22H27N5O2/c1-16(2)17-4-6-18(7-5-17)25-19(28)22(8-9-22)20(29)26-12-14-27(15-13-26)21-23-10-3-11-24-21/h3-7,10-11,16H,8-9,12-15H2,1-2H3,(H,25,28). The van der Waals surface area contributed by atoms with Crippen molar-refractivity contribution in [2.24, 2.45) is 5.41 Å². The molecule has 152 valence electrons. The van der Waals surface area contributed by atoms with Crippen molar-refractivity contribution in [3.8, 4) is 0 Å². The Balaban J connectivity index is 1.36. The fraction of sp³-hybridized carbons (Fsp3) is 0.455. The van der Waals surface area contributed by atoms with Gasteiger partial charge in [0.15, 0.2) is 0 Å². The van der Waals surface area contributed by atoms with E-state index in [2.05, 4.69) is 34.0 Å². The van der Waals surface area contributed by atoms with Crippen LogP contribution >= 0.6 is 0 Å². The summed E-state index contributed by atoms with van der Waals surface area (Å²) in [6, 6.07) is 9.65. The molecule has 29 heavy (non-hydrogen) atoms. The molecule has 0 radical (unpaired) electrons. The number of hydrogen-bond acceptors (Lipinski definition) is 5. The van der Waals surface area contributed by atoms with Crippen LogP contribution in [0.1, 0.15) is 38.2 Å². The number of benzene rings is 1. The first kappa shape index (κ1) is 19.4. The Hall–Kier alpha value is -2.96. The van der Waals surface area contributed by atoms with Gasteiger partial charge < -0.3 is 15.1 Å². The Kier molecular flexibility index (Phi) is 5.22. The number of aromatic nitrogens is 2. The van der Waals surface area contributed by atoms with Gasteiger partial charge in [0.25, 0.3) is 0 Å². The van der Waals surface area contributed by atoms with E-state index < -0.39 is 5.41 Å². The molecule has 2 aliphatic rings. The fourth-order valence-corrected chi connectivity index (χ4v) is 3.73. The molecule has 1 saturated carbocycles. The number of anilines is 2. The van der Waals surface area contributed by atoms with Crippen molar-refractivity contribution < 1.29 is 9.59 Å². The Labute approximate surface area is 171 Å². The lowest BCUT2D eigenvalue weighted by atomic mass is 10.0. The lowest BCUT2D eigenvalue weighted by molar-refractivity contribution is -0.142. The molecule has 1 aromatic carbocycles. The zero-order chi connectivity index (χ0) is 20.4. The van der Waals surface area contributed by atoms with Crippen LogP contribution in [0.15, 0.2) is 42.7 Å². The van der Waals surface area contributed by atoms with Crippen molar-refractivity contribution in [3.05, 3.63) is 48.3 Å². The molecular formula is C22H27N5O2. The third-order valence-corrected chi connectivity index (χ3v) is 5.83. The molecule has 0 spiro atoms. The van der Waals surface area contributed by atoms with E-state index in [-0.39, 0.29) is 11.8 Å². The zero-order valence-electron chi connectivity index (χ0n) is 17.0. The normalized spacial score (nSPS) is 17.9. The van der Waals surface area contributed by atoms with E-state index in [0.717, 1.165) is 5.69 Å². The van der Waals surface area contributed by atoms with E-state index in [4.69, 9.17) is 0 Å². The second-order valence-corrected chi connectivity index (χ2v) is 8.14. The van der Waals surface area contributed by atoms with E-state index in [0.29, 0.717) is 50.9 Å². The largest absolute Gasteiger partial charge is 0.338 e. The minimum Gasteiger partial charge on any atom is -0.338 e. The topological polar surface area (TPSA) is 78.4 Å². The van der Waals surface area contributed by atoms with Crippen LogP contribution in [0, 0.1) is 5.41 Å². The molecule has 1 aromatic heterocycles. The van der Waals surface area contributed by atoms with Crippen LogP contribution in [0.5, 0.6) is 0 Å². The van der Waals surface area contributed by atoms with E-state index in [1.807, 2.05) is 29.2 Å². The predicted octanol–water partition coefficient (Wildman–Crippen LogP) is 2.67. The number of carbonyl (C=O) groups excluding carboxylic acids is 2. The molecule has 1 saturated heterocycles. The van der Waals surface area contributed by atoms with E-state index in [1.54, 1.807) is 18.5 Å². The number of hydrogen-bond donors (Lipinski definition) is 1. The van der Waals surface area contributed by atoms with Gasteiger partial charge in [0.1, 0.15) is 5.41 Å². The molecule has 2 aromatic rings. The Morgan fingerprint density at radius 2 is 1.62 bits per heavy atom. The summed E-state index contributed by atoms with van der Waals surface area (Å²) in [5.41, 5.74) is 1.06. The summed E-state index contributed by atoms with van der Waals surface area (Å²) in [6.07, 6.45) is 4.67. The highest BCUT2D eigenvalue weighted by molar-refractivity contribution is 6.13. The SMILES string of the molecule is CC(C)c1ccc(NC(=O)C2(C(=O)N3CCN(c4ncccn4)CC3)CC2)cc1. The van der Waals surface area contributed by atoms with Gasteiger partial charge in [-0.1, -0.05) is 26.0 Å². The van der Waals surface area contributed by atoms with Gasteiger partial charge >= 0.3 is 0 Å². The highest BCUT2D eigenvalue weighted by atomic mass is 16.2. The fourth-order valence-electron chi connectivity index (χ4n) is 3.73. The monoisotopic (exact) mass is 393 g/mol. The van der Waals surface area contributed by atoms with Crippen molar-refractivity contribution in [1.29, 1.82) is 0 Å². The quantitative estimate of drug-likeness (QED) is 0.790. The van der Waals surface area contributed by atoms with E-state index in [9.17, 15) is 9.59 Å². The van der Waals surface area contributed by atoms with Crippen LogP contribution in [0.2, 0.25) is 0 Å². The van der Waals surface area contributed by atoms with Gasteiger partial charge in [-0.05, 0) is 42.5 Å². The van der Waals surface area contributed by atoms with Gasteiger partial charge in [-0.3, -0.25) is 9.59 Å². The molecule has 2 heterocycles. The second kappa shape index (κ2) is 7.81. The lowest BCUT2D eigenvalue weighted by Gasteiger charge is -2.36. The van der Waals surface area contributed by atoms with Gasteiger partial charge in [0, 0.05) is 44.3 Å². The van der Waals surface area contributed by atoms with Crippen LogP contribution in [0.4, 0.5) is 11.6 Å². The van der Waals surface area contributed by atoms with Crippen LogP contribution < -0.4 is 10.2 Å². The average Bonchev–Trinajstić information content (AvgIpc) is 3.56. The maximum atomic E-state index is 13.1. The highest BCUT2D eigenvalue weighted by Gasteiger charge is 2.58. The first-order chi connectivity index (χ1) is 14.0. The van der Waals surface area contributed by atoms with Gasteiger partial charge in [0.2, 0.25) is 17.8 Å². The number of nitrogens with zero attached hydrogens (tertiary/aromatic N) is 4. The summed E-state index contributed by atoms with van der Waals surface area (Å²) < 4.78 is 0. The van der Waals surface area contributed by atoms with Crippen LogP contribution in [-0.4, -0.2) is 52.9 Å². The molecule has 0 bridgehead atoms. The Morgan fingerprint density at radius 1 is 1.00 bits per heavy atom. The summed E-state index contributed by atoms with van der Waals surface area (Å²) in [5, 5.41) is 2.95. The third-order valence-electron chi connectivity index (χ3n) is 5.83. The highest BCUT2D eigenvalue weighted by Crippen LogP contribution is 2.48. The molecule has 4 rings (SSSR count). The maximum absolute atomic E-state index is 13.1. The van der Waals surface area contributed by atoms with Crippen molar-refractivity contribution in [1.82, 2.24) is 14.9 Å². The van der Waals surface area contributed by atoms with Crippen LogP contribution in [0.25, 0.3) is 0 Å². The van der Waals surface area contributed by atoms with Gasteiger partial charge in [-0.2, -0.15) is 0 Å². The van der Waals surface area contributed by atoms with Crippen LogP contribution in [0.3, 0.4) is 0 Å².